The Morgan fingerprint density at radius 1 is 1.30 bits per heavy atom. The van der Waals surface area contributed by atoms with Crippen molar-refractivity contribution in [2.24, 2.45) is 0 Å². The van der Waals surface area contributed by atoms with Gasteiger partial charge in [0.1, 0.15) is 0 Å². The molecule has 62 valence electrons. The Hall–Kier alpha value is 0.770. The summed E-state index contributed by atoms with van der Waals surface area (Å²) in [5.41, 5.74) is 0. The number of hydrogen-bond donors (Lipinski definition) is 0. The molecule has 0 nitrogen and oxygen atoms in total. The lowest BCUT2D eigenvalue weighted by Gasteiger charge is -2.05. The van der Waals surface area contributed by atoms with E-state index in [4.69, 9.17) is 11.6 Å². The number of rotatable bonds is 6. The normalized spacial score (nSPS) is 13.5. The van der Waals surface area contributed by atoms with Crippen LogP contribution in [0.25, 0.3) is 0 Å². The second-order valence-electron chi connectivity index (χ2n) is 2.57. The summed E-state index contributed by atoms with van der Waals surface area (Å²) >= 11 is 9.17. The molecule has 1 unspecified atom stereocenters. The topological polar surface area (TPSA) is 0 Å². The van der Waals surface area contributed by atoms with Gasteiger partial charge in [-0.15, -0.1) is 11.6 Å². The molecule has 0 radical (unpaired) electrons. The van der Waals surface area contributed by atoms with Crippen LogP contribution in [0, 0.1) is 0 Å². The minimum atomic E-state index is 0.723. The molecule has 0 aliphatic carbocycles. The van der Waals surface area contributed by atoms with Crippen molar-refractivity contribution < 1.29 is 0 Å². The van der Waals surface area contributed by atoms with Crippen LogP contribution in [-0.2, 0) is 0 Å². The average molecular weight is 228 g/mol. The first-order valence-corrected chi connectivity index (χ1v) is 5.46. The fraction of sp³-hybridized carbons (Fsp3) is 1.00. The number of alkyl halides is 2. The molecule has 0 amide bonds. The van der Waals surface area contributed by atoms with Gasteiger partial charge in [-0.2, -0.15) is 0 Å². The number of halogens is 2. The fourth-order valence-corrected chi connectivity index (χ4v) is 1.89. The molecule has 0 heterocycles. The van der Waals surface area contributed by atoms with Crippen molar-refractivity contribution >= 4 is 27.5 Å². The summed E-state index contributed by atoms with van der Waals surface area (Å²) in [6.07, 6.45) is 6.27. The highest BCUT2D eigenvalue weighted by Crippen LogP contribution is 2.15. The van der Waals surface area contributed by atoms with E-state index in [1.54, 1.807) is 0 Å². The SMILES string of the molecule is CCCC(Br)CCCCCl. The molecule has 0 rings (SSSR count). The highest BCUT2D eigenvalue weighted by atomic mass is 79.9. The summed E-state index contributed by atoms with van der Waals surface area (Å²) in [5, 5.41) is 0. The molecular weight excluding hydrogens is 211 g/mol. The zero-order valence-electron chi connectivity index (χ0n) is 6.58. The van der Waals surface area contributed by atoms with Gasteiger partial charge < -0.3 is 0 Å². The Balaban J connectivity index is 2.97. The molecule has 0 fully saturated rings. The summed E-state index contributed by atoms with van der Waals surface area (Å²) < 4.78 is 0. The highest BCUT2D eigenvalue weighted by molar-refractivity contribution is 9.09. The first-order chi connectivity index (χ1) is 4.81. The predicted molar refractivity (Wildman–Crippen MR) is 52.2 cm³/mol. The van der Waals surface area contributed by atoms with Crippen LogP contribution in [0.1, 0.15) is 39.0 Å². The fourth-order valence-electron chi connectivity index (χ4n) is 0.918. The van der Waals surface area contributed by atoms with E-state index in [1.807, 2.05) is 0 Å². The first-order valence-electron chi connectivity index (χ1n) is 4.01. The van der Waals surface area contributed by atoms with Gasteiger partial charge in [0.2, 0.25) is 0 Å². The van der Waals surface area contributed by atoms with Gasteiger partial charge in [-0.25, -0.2) is 0 Å². The van der Waals surface area contributed by atoms with Crippen LogP contribution >= 0.6 is 27.5 Å². The molecule has 0 N–H and O–H groups in total. The molecule has 0 bridgehead atoms. The second kappa shape index (κ2) is 7.87. The van der Waals surface area contributed by atoms with Gasteiger partial charge in [0.25, 0.3) is 0 Å². The van der Waals surface area contributed by atoms with Crippen LogP contribution in [-0.4, -0.2) is 10.7 Å². The summed E-state index contributed by atoms with van der Waals surface area (Å²) in [5.74, 6) is 0.811. The monoisotopic (exact) mass is 226 g/mol. The third-order valence-corrected chi connectivity index (χ3v) is 2.69. The van der Waals surface area contributed by atoms with E-state index in [9.17, 15) is 0 Å². The van der Waals surface area contributed by atoms with Gasteiger partial charge >= 0.3 is 0 Å². The maximum Gasteiger partial charge on any atom is 0.0223 e. The van der Waals surface area contributed by atoms with E-state index in [2.05, 4.69) is 22.9 Å². The molecule has 2 heteroatoms. The Kier molecular flexibility index (Phi) is 8.48. The van der Waals surface area contributed by atoms with Gasteiger partial charge in [-0.1, -0.05) is 35.7 Å². The summed E-state index contributed by atoms with van der Waals surface area (Å²) in [6, 6.07) is 0. The predicted octanol–water partition coefficient (Wildman–Crippen LogP) is 3.96. The Morgan fingerprint density at radius 3 is 2.50 bits per heavy atom. The van der Waals surface area contributed by atoms with Crippen LogP contribution in [0.4, 0.5) is 0 Å². The van der Waals surface area contributed by atoms with Crippen LogP contribution in [0.15, 0.2) is 0 Å². The van der Waals surface area contributed by atoms with E-state index in [-0.39, 0.29) is 0 Å². The van der Waals surface area contributed by atoms with Gasteiger partial charge in [-0.3, -0.25) is 0 Å². The van der Waals surface area contributed by atoms with Crippen molar-refractivity contribution in [3.05, 3.63) is 0 Å². The molecule has 1 atom stereocenters. The van der Waals surface area contributed by atoms with Crippen molar-refractivity contribution in [1.82, 2.24) is 0 Å². The smallest absolute Gasteiger partial charge is 0.0223 e. The van der Waals surface area contributed by atoms with E-state index in [0.29, 0.717) is 0 Å². The molecule has 0 aliphatic rings. The Morgan fingerprint density at radius 2 is 2.00 bits per heavy atom. The van der Waals surface area contributed by atoms with E-state index < -0.39 is 0 Å². The molecule has 0 aromatic rings. The minimum absolute atomic E-state index is 0.723. The molecule has 0 saturated heterocycles. The third kappa shape index (κ3) is 6.88. The highest BCUT2D eigenvalue weighted by Gasteiger charge is 2.00. The lowest BCUT2D eigenvalue weighted by molar-refractivity contribution is 0.648. The molecule has 0 aromatic heterocycles. The standard InChI is InChI=1S/C8H16BrCl/c1-2-5-8(9)6-3-4-7-10/h8H,2-7H2,1H3. The van der Waals surface area contributed by atoms with E-state index in [0.717, 1.165) is 17.1 Å². The Bertz CT molecular complexity index is 66.3. The summed E-state index contributed by atoms with van der Waals surface area (Å²) in [6.45, 7) is 2.22. The second-order valence-corrected chi connectivity index (χ2v) is 4.24. The minimum Gasteiger partial charge on any atom is -0.127 e. The van der Waals surface area contributed by atoms with Gasteiger partial charge in [0, 0.05) is 10.7 Å². The number of unbranched alkanes of at least 4 members (excludes halogenated alkanes) is 1. The average Bonchev–Trinajstić information content (AvgIpc) is 1.89. The van der Waals surface area contributed by atoms with Crippen molar-refractivity contribution in [2.45, 2.75) is 43.9 Å². The zero-order valence-corrected chi connectivity index (χ0v) is 8.92. The largest absolute Gasteiger partial charge is 0.127 e. The quantitative estimate of drug-likeness (QED) is 0.476. The lowest BCUT2D eigenvalue weighted by Crippen LogP contribution is -1.96. The van der Waals surface area contributed by atoms with Crippen LogP contribution in [0.5, 0.6) is 0 Å². The molecule has 0 aliphatic heterocycles. The van der Waals surface area contributed by atoms with E-state index >= 15 is 0 Å². The Labute approximate surface area is 77.5 Å². The third-order valence-electron chi connectivity index (χ3n) is 1.50. The van der Waals surface area contributed by atoms with Gasteiger partial charge in [-0.05, 0) is 19.3 Å². The first kappa shape index (κ1) is 10.8. The maximum atomic E-state index is 5.55. The van der Waals surface area contributed by atoms with Gasteiger partial charge in [0.05, 0.1) is 0 Å². The lowest BCUT2D eigenvalue weighted by atomic mass is 10.1. The summed E-state index contributed by atoms with van der Waals surface area (Å²) in [4.78, 5) is 0.723. The molecule has 0 aromatic carbocycles. The molecule has 0 saturated carbocycles. The van der Waals surface area contributed by atoms with Crippen LogP contribution in [0.2, 0.25) is 0 Å². The zero-order chi connectivity index (χ0) is 7.82. The van der Waals surface area contributed by atoms with Crippen molar-refractivity contribution in [3.8, 4) is 0 Å². The summed E-state index contributed by atoms with van der Waals surface area (Å²) in [7, 11) is 0. The molecule has 0 spiro atoms. The van der Waals surface area contributed by atoms with Crippen LogP contribution < -0.4 is 0 Å². The van der Waals surface area contributed by atoms with Crippen molar-refractivity contribution in [1.29, 1.82) is 0 Å². The van der Waals surface area contributed by atoms with Crippen LogP contribution in [0.3, 0.4) is 0 Å². The molecular formula is C8H16BrCl. The maximum absolute atomic E-state index is 5.55. The van der Waals surface area contributed by atoms with E-state index in [1.165, 1.54) is 25.7 Å². The van der Waals surface area contributed by atoms with Crippen molar-refractivity contribution in [2.75, 3.05) is 5.88 Å². The number of hydrogen-bond acceptors (Lipinski definition) is 0. The van der Waals surface area contributed by atoms with Gasteiger partial charge in [0.15, 0.2) is 0 Å². The molecule has 10 heavy (non-hydrogen) atoms. The van der Waals surface area contributed by atoms with Crippen molar-refractivity contribution in [3.63, 3.8) is 0 Å².